The molecule has 0 aliphatic rings. The second-order valence-corrected chi connectivity index (χ2v) is 6.89. The number of aliphatic hydroxyl groups excluding tert-OH is 1. The molecule has 3 N–H and O–H groups in total. The smallest absolute Gasteiger partial charge is 0.122 e. The Morgan fingerprint density at radius 1 is 1.04 bits per heavy atom. The Hall–Kier alpha value is -0.770. The van der Waals surface area contributed by atoms with E-state index >= 15 is 0 Å². The van der Waals surface area contributed by atoms with Crippen molar-refractivity contribution in [3.8, 4) is 5.75 Å². The van der Waals surface area contributed by atoms with Crippen LogP contribution in [-0.4, -0.2) is 23.9 Å². The Balaban J connectivity index is 0.00000529. The number of ether oxygens (including phenoxy) is 1. The minimum Gasteiger partial charge on any atom is -0.493 e. The third-order valence-corrected chi connectivity index (χ3v) is 4.30. The van der Waals surface area contributed by atoms with E-state index in [4.69, 9.17) is 10.5 Å². The van der Waals surface area contributed by atoms with Crippen molar-refractivity contribution in [2.45, 2.75) is 77.2 Å². The van der Waals surface area contributed by atoms with Gasteiger partial charge in [-0.15, -0.1) is 12.4 Å². The molecule has 0 fully saturated rings. The molecular formula is C20H36ClNO2. The lowest BCUT2D eigenvalue weighted by Gasteiger charge is -2.22. The van der Waals surface area contributed by atoms with Crippen LogP contribution in [0.3, 0.4) is 0 Å². The normalized spacial score (nSPS) is 13.2. The Kier molecular flexibility index (Phi) is 13.1. The van der Waals surface area contributed by atoms with Crippen LogP contribution in [0.25, 0.3) is 0 Å². The molecule has 24 heavy (non-hydrogen) atoms. The van der Waals surface area contributed by atoms with E-state index in [-0.39, 0.29) is 19.0 Å². The van der Waals surface area contributed by atoms with Gasteiger partial charge in [0.1, 0.15) is 5.75 Å². The number of hydrogen-bond donors (Lipinski definition) is 2. The highest BCUT2D eigenvalue weighted by atomic mass is 35.5. The molecular weight excluding hydrogens is 322 g/mol. The Morgan fingerprint density at radius 2 is 1.67 bits per heavy atom. The zero-order valence-corrected chi connectivity index (χ0v) is 16.2. The number of para-hydroxylation sites is 1. The van der Waals surface area contributed by atoms with Gasteiger partial charge in [-0.2, -0.15) is 0 Å². The molecule has 1 rings (SSSR count). The molecule has 0 saturated heterocycles. The monoisotopic (exact) mass is 357 g/mol. The minimum atomic E-state index is -0.522. The van der Waals surface area contributed by atoms with E-state index in [1.165, 1.54) is 44.1 Å². The lowest BCUT2D eigenvalue weighted by atomic mass is 9.95. The SMILES string of the molecule is CCCCCCCCCOc1ccccc1CCC(C)(N)CO.Cl. The molecule has 0 amide bonds. The van der Waals surface area contributed by atoms with Crippen molar-refractivity contribution in [2.24, 2.45) is 5.73 Å². The fraction of sp³-hybridized carbons (Fsp3) is 0.700. The lowest BCUT2D eigenvalue weighted by molar-refractivity contribution is 0.200. The molecule has 0 radical (unpaired) electrons. The standard InChI is InChI=1S/C20H35NO2.ClH/c1-3-4-5-6-7-8-11-16-23-19-13-10-9-12-18(19)14-15-20(2,21)17-22;/h9-10,12-13,22H,3-8,11,14-17,21H2,1-2H3;1H. The van der Waals surface area contributed by atoms with Crippen LogP contribution in [0.4, 0.5) is 0 Å². The minimum absolute atomic E-state index is 0. The van der Waals surface area contributed by atoms with Crippen molar-refractivity contribution >= 4 is 12.4 Å². The molecule has 0 bridgehead atoms. The first kappa shape index (κ1) is 23.2. The average molecular weight is 358 g/mol. The average Bonchev–Trinajstić information content (AvgIpc) is 2.56. The molecule has 1 atom stereocenters. The first-order valence-corrected chi connectivity index (χ1v) is 9.19. The summed E-state index contributed by atoms with van der Waals surface area (Å²) in [7, 11) is 0. The van der Waals surface area contributed by atoms with Crippen molar-refractivity contribution in [3.63, 3.8) is 0 Å². The van der Waals surface area contributed by atoms with Gasteiger partial charge in [-0.25, -0.2) is 0 Å². The molecule has 0 aromatic heterocycles. The van der Waals surface area contributed by atoms with Gasteiger partial charge in [0.05, 0.1) is 13.2 Å². The summed E-state index contributed by atoms with van der Waals surface area (Å²) in [5.74, 6) is 0.965. The van der Waals surface area contributed by atoms with E-state index in [0.717, 1.165) is 31.6 Å². The maximum atomic E-state index is 9.26. The number of aliphatic hydroxyl groups is 1. The van der Waals surface area contributed by atoms with Crippen LogP contribution in [0.2, 0.25) is 0 Å². The Bertz CT molecular complexity index is 424. The molecule has 0 saturated carbocycles. The maximum absolute atomic E-state index is 9.26. The number of nitrogens with two attached hydrogens (primary N) is 1. The highest BCUT2D eigenvalue weighted by Crippen LogP contribution is 2.22. The van der Waals surface area contributed by atoms with E-state index in [0.29, 0.717) is 0 Å². The summed E-state index contributed by atoms with van der Waals surface area (Å²) in [6.45, 7) is 4.92. The van der Waals surface area contributed by atoms with Crippen LogP contribution < -0.4 is 10.5 Å². The van der Waals surface area contributed by atoms with E-state index in [1.807, 2.05) is 25.1 Å². The maximum Gasteiger partial charge on any atom is 0.122 e. The van der Waals surface area contributed by atoms with Crippen molar-refractivity contribution < 1.29 is 9.84 Å². The summed E-state index contributed by atoms with van der Waals surface area (Å²) >= 11 is 0. The largest absolute Gasteiger partial charge is 0.493 e. The molecule has 1 aromatic rings. The predicted molar refractivity (Wildman–Crippen MR) is 105 cm³/mol. The lowest BCUT2D eigenvalue weighted by Crippen LogP contribution is -2.40. The van der Waals surface area contributed by atoms with Crippen molar-refractivity contribution in [2.75, 3.05) is 13.2 Å². The van der Waals surface area contributed by atoms with Crippen molar-refractivity contribution in [3.05, 3.63) is 29.8 Å². The van der Waals surface area contributed by atoms with E-state index in [2.05, 4.69) is 13.0 Å². The predicted octanol–water partition coefficient (Wildman–Crippen LogP) is 4.88. The summed E-state index contributed by atoms with van der Waals surface area (Å²) in [6, 6.07) is 8.16. The quantitative estimate of drug-likeness (QED) is 0.494. The number of halogens is 1. The molecule has 0 spiro atoms. The Morgan fingerprint density at radius 3 is 2.33 bits per heavy atom. The van der Waals surface area contributed by atoms with E-state index < -0.39 is 5.54 Å². The fourth-order valence-electron chi connectivity index (χ4n) is 2.59. The van der Waals surface area contributed by atoms with Gasteiger partial charge in [0.15, 0.2) is 0 Å². The van der Waals surface area contributed by atoms with Gasteiger partial charge < -0.3 is 15.6 Å². The fourth-order valence-corrected chi connectivity index (χ4v) is 2.59. The molecule has 4 heteroatoms. The van der Waals surface area contributed by atoms with Crippen molar-refractivity contribution in [1.82, 2.24) is 0 Å². The van der Waals surface area contributed by atoms with Gasteiger partial charge in [0.2, 0.25) is 0 Å². The number of unbranched alkanes of at least 4 members (excludes halogenated alkanes) is 6. The third kappa shape index (κ3) is 10.2. The molecule has 0 heterocycles. The summed E-state index contributed by atoms with van der Waals surface area (Å²) in [5, 5.41) is 9.26. The van der Waals surface area contributed by atoms with E-state index in [9.17, 15) is 5.11 Å². The van der Waals surface area contributed by atoms with Gasteiger partial charge in [-0.05, 0) is 37.8 Å². The molecule has 0 aliphatic heterocycles. The summed E-state index contributed by atoms with van der Waals surface area (Å²) in [6.07, 6.45) is 10.6. The highest BCUT2D eigenvalue weighted by Gasteiger charge is 2.17. The number of hydrogen-bond acceptors (Lipinski definition) is 3. The van der Waals surface area contributed by atoms with Gasteiger partial charge in [0.25, 0.3) is 0 Å². The highest BCUT2D eigenvalue weighted by molar-refractivity contribution is 5.85. The molecule has 1 aromatic carbocycles. The molecule has 3 nitrogen and oxygen atoms in total. The van der Waals surface area contributed by atoms with Gasteiger partial charge in [-0.1, -0.05) is 63.6 Å². The van der Waals surface area contributed by atoms with Crippen LogP contribution in [-0.2, 0) is 6.42 Å². The van der Waals surface area contributed by atoms with Gasteiger partial charge in [0, 0.05) is 5.54 Å². The van der Waals surface area contributed by atoms with Crippen molar-refractivity contribution in [1.29, 1.82) is 0 Å². The van der Waals surface area contributed by atoms with Gasteiger partial charge in [-0.3, -0.25) is 0 Å². The van der Waals surface area contributed by atoms with Gasteiger partial charge >= 0.3 is 0 Å². The molecule has 0 aliphatic carbocycles. The topological polar surface area (TPSA) is 55.5 Å². The molecule has 1 unspecified atom stereocenters. The zero-order valence-electron chi connectivity index (χ0n) is 15.4. The second kappa shape index (κ2) is 13.5. The summed E-state index contributed by atoms with van der Waals surface area (Å²) in [4.78, 5) is 0. The summed E-state index contributed by atoms with van der Waals surface area (Å²) < 4.78 is 5.96. The van der Waals surface area contributed by atoms with Crippen LogP contribution in [0.1, 0.15) is 70.8 Å². The van der Waals surface area contributed by atoms with Crippen LogP contribution >= 0.6 is 12.4 Å². The van der Waals surface area contributed by atoms with Crippen LogP contribution in [0.5, 0.6) is 5.75 Å². The van der Waals surface area contributed by atoms with Crippen LogP contribution in [0.15, 0.2) is 24.3 Å². The molecule has 140 valence electrons. The number of benzene rings is 1. The number of aryl methyl sites for hydroxylation is 1. The summed E-state index contributed by atoms with van der Waals surface area (Å²) in [5.41, 5.74) is 6.67. The first-order chi connectivity index (χ1) is 11.1. The second-order valence-electron chi connectivity index (χ2n) is 6.89. The van der Waals surface area contributed by atoms with E-state index in [1.54, 1.807) is 0 Å². The zero-order chi connectivity index (χ0) is 17.0. The Labute approximate surface area is 154 Å². The third-order valence-electron chi connectivity index (χ3n) is 4.30. The van der Waals surface area contributed by atoms with Crippen LogP contribution in [0, 0.1) is 0 Å². The first-order valence-electron chi connectivity index (χ1n) is 9.19. The number of rotatable bonds is 13.